The van der Waals surface area contributed by atoms with Gasteiger partial charge in [-0.15, -0.1) is 0 Å². The summed E-state index contributed by atoms with van der Waals surface area (Å²) in [7, 11) is 0. The van der Waals surface area contributed by atoms with Gasteiger partial charge in [0.1, 0.15) is 0 Å². The number of aromatic nitrogens is 2. The van der Waals surface area contributed by atoms with E-state index in [1.54, 1.807) is 0 Å². The second-order valence-corrected chi connectivity index (χ2v) is 5.57. The number of aryl methyl sites for hydroxylation is 3. The quantitative estimate of drug-likeness (QED) is 0.893. The summed E-state index contributed by atoms with van der Waals surface area (Å²) in [6.45, 7) is 9.49. The van der Waals surface area contributed by atoms with Crippen LogP contribution in [0.4, 0.5) is 0 Å². The van der Waals surface area contributed by atoms with Gasteiger partial charge in [0.15, 0.2) is 0 Å². The van der Waals surface area contributed by atoms with E-state index in [2.05, 4.69) is 47.8 Å². The van der Waals surface area contributed by atoms with Crippen LogP contribution in [0.1, 0.15) is 33.6 Å². The highest BCUT2D eigenvalue weighted by molar-refractivity contribution is 5.38. The zero-order valence-corrected chi connectivity index (χ0v) is 12.0. The van der Waals surface area contributed by atoms with Crippen LogP contribution in [0.25, 0.3) is 0 Å². The lowest BCUT2D eigenvalue weighted by Crippen LogP contribution is -2.25. The van der Waals surface area contributed by atoms with Crippen molar-refractivity contribution in [3.05, 3.63) is 52.1 Å². The maximum absolute atomic E-state index is 4.53. The van der Waals surface area contributed by atoms with Gasteiger partial charge in [-0.2, -0.15) is 0 Å². The third-order valence-corrected chi connectivity index (χ3v) is 4.03. The highest BCUT2D eigenvalue weighted by Gasteiger charge is 2.15. The molecule has 0 saturated carbocycles. The Morgan fingerprint density at radius 2 is 1.95 bits per heavy atom. The van der Waals surface area contributed by atoms with E-state index >= 15 is 0 Å². The van der Waals surface area contributed by atoms with E-state index in [0.29, 0.717) is 0 Å². The van der Waals surface area contributed by atoms with Crippen molar-refractivity contribution in [2.45, 2.75) is 40.3 Å². The molecule has 1 N–H and O–H groups in total. The molecule has 0 bridgehead atoms. The van der Waals surface area contributed by atoms with Gasteiger partial charge in [-0.1, -0.05) is 17.7 Å². The van der Waals surface area contributed by atoms with Gasteiger partial charge in [-0.25, -0.2) is 4.98 Å². The first-order valence-electron chi connectivity index (χ1n) is 6.95. The third-order valence-electron chi connectivity index (χ3n) is 4.03. The molecule has 0 radical (unpaired) electrons. The molecule has 0 fully saturated rings. The van der Waals surface area contributed by atoms with E-state index in [-0.39, 0.29) is 0 Å². The first kappa shape index (κ1) is 12.4. The smallest absolute Gasteiger partial charge is 0.0955 e. The van der Waals surface area contributed by atoms with Crippen molar-refractivity contribution in [3.8, 4) is 0 Å². The SMILES string of the molecule is Cc1cc(C)c(Cn2cnc3c2CCNC3)c(C)c1. The van der Waals surface area contributed by atoms with E-state index < -0.39 is 0 Å². The molecule has 3 heteroatoms. The number of nitrogens with one attached hydrogen (secondary N) is 1. The second-order valence-electron chi connectivity index (χ2n) is 5.57. The summed E-state index contributed by atoms with van der Waals surface area (Å²) < 4.78 is 2.32. The van der Waals surface area contributed by atoms with Gasteiger partial charge < -0.3 is 9.88 Å². The Balaban J connectivity index is 1.96. The van der Waals surface area contributed by atoms with Crippen LogP contribution in [0, 0.1) is 20.8 Å². The highest BCUT2D eigenvalue weighted by atomic mass is 15.1. The zero-order chi connectivity index (χ0) is 13.4. The summed E-state index contributed by atoms with van der Waals surface area (Å²) in [5, 5.41) is 3.37. The van der Waals surface area contributed by atoms with Crippen molar-refractivity contribution < 1.29 is 0 Å². The largest absolute Gasteiger partial charge is 0.330 e. The molecule has 1 aliphatic heterocycles. The number of hydrogen-bond donors (Lipinski definition) is 1. The highest BCUT2D eigenvalue weighted by Crippen LogP contribution is 2.20. The van der Waals surface area contributed by atoms with Crippen LogP contribution in [0.3, 0.4) is 0 Å². The van der Waals surface area contributed by atoms with Crippen molar-refractivity contribution in [2.24, 2.45) is 0 Å². The van der Waals surface area contributed by atoms with Gasteiger partial charge in [0, 0.05) is 31.7 Å². The summed E-state index contributed by atoms with van der Waals surface area (Å²) in [6, 6.07) is 4.54. The summed E-state index contributed by atoms with van der Waals surface area (Å²) in [5.41, 5.74) is 8.16. The molecule has 100 valence electrons. The van der Waals surface area contributed by atoms with Crippen LogP contribution >= 0.6 is 0 Å². The molecule has 2 heterocycles. The lowest BCUT2D eigenvalue weighted by Gasteiger charge is -2.17. The first-order valence-corrected chi connectivity index (χ1v) is 6.95. The van der Waals surface area contributed by atoms with E-state index in [9.17, 15) is 0 Å². The average molecular weight is 255 g/mol. The van der Waals surface area contributed by atoms with Gasteiger partial charge in [0.05, 0.1) is 12.0 Å². The van der Waals surface area contributed by atoms with E-state index in [0.717, 1.165) is 26.1 Å². The molecule has 2 aromatic rings. The Morgan fingerprint density at radius 3 is 2.68 bits per heavy atom. The van der Waals surface area contributed by atoms with Gasteiger partial charge in [-0.05, 0) is 37.5 Å². The van der Waals surface area contributed by atoms with Gasteiger partial charge in [-0.3, -0.25) is 0 Å². The monoisotopic (exact) mass is 255 g/mol. The average Bonchev–Trinajstić information content (AvgIpc) is 2.77. The number of nitrogens with zero attached hydrogens (tertiary/aromatic N) is 2. The number of imidazole rings is 1. The van der Waals surface area contributed by atoms with Crippen molar-refractivity contribution in [1.29, 1.82) is 0 Å². The fraction of sp³-hybridized carbons (Fsp3) is 0.438. The van der Waals surface area contributed by atoms with Crippen molar-refractivity contribution in [1.82, 2.24) is 14.9 Å². The molecule has 3 rings (SSSR count). The Morgan fingerprint density at radius 1 is 1.21 bits per heavy atom. The van der Waals surface area contributed by atoms with Crippen molar-refractivity contribution in [3.63, 3.8) is 0 Å². The maximum atomic E-state index is 4.53. The molecule has 0 aliphatic carbocycles. The molecule has 19 heavy (non-hydrogen) atoms. The molecule has 0 spiro atoms. The number of fused-ring (bicyclic) bond motifs is 1. The third kappa shape index (κ3) is 2.30. The van der Waals surface area contributed by atoms with Gasteiger partial charge in [0.25, 0.3) is 0 Å². The van der Waals surface area contributed by atoms with Crippen LogP contribution in [-0.4, -0.2) is 16.1 Å². The summed E-state index contributed by atoms with van der Waals surface area (Å²) in [6.07, 6.45) is 3.08. The summed E-state index contributed by atoms with van der Waals surface area (Å²) in [5.74, 6) is 0. The van der Waals surface area contributed by atoms with E-state index in [1.807, 2.05) is 6.33 Å². The van der Waals surface area contributed by atoms with Crippen LogP contribution in [0.2, 0.25) is 0 Å². The van der Waals surface area contributed by atoms with E-state index in [1.165, 1.54) is 33.6 Å². The van der Waals surface area contributed by atoms with Gasteiger partial charge >= 0.3 is 0 Å². The van der Waals surface area contributed by atoms with Gasteiger partial charge in [0.2, 0.25) is 0 Å². The summed E-state index contributed by atoms with van der Waals surface area (Å²) in [4.78, 5) is 4.53. The molecular weight excluding hydrogens is 234 g/mol. The Labute approximate surface area is 114 Å². The summed E-state index contributed by atoms with van der Waals surface area (Å²) >= 11 is 0. The minimum atomic E-state index is 0.911. The molecular formula is C16H21N3. The van der Waals surface area contributed by atoms with Crippen molar-refractivity contribution in [2.75, 3.05) is 6.54 Å². The normalized spacial score (nSPS) is 14.5. The zero-order valence-electron chi connectivity index (χ0n) is 12.0. The molecule has 0 saturated heterocycles. The number of hydrogen-bond acceptors (Lipinski definition) is 2. The Bertz CT molecular complexity index is 587. The molecule has 0 amide bonds. The van der Waals surface area contributed by atoms with Crippen LogP contribution < -0.4 is 5.32 Å². The molecule has 1 aromatic heterocycles. The van der Waals surface area contributed by atoms with Crippen molar-refractivity contribution >= 4 is 0 Å². The fourth-order valence-corrected chi connectivity index (χ4v) is 3.06. The maximum Gasteiger partial charge on any atom is 0.0955 e. The number of rotatable bonds is 2. The predicted molar refractivity (Wildman–Crippen MR) is 77.4 cm³/mol. The molecule has 1 aliphatic rings. The lowest BCUT2D eigenvalue weighted by molar-refractivity contribution is 0.601. The lowest BCUT2D eigenvalue weighted by atomic mass is 9.99. The standard InChI is InChI=1S/C16H21N3/c1-11-6-12(2)14(13(3)7-11)9-19-10-18-15-8-17-5-4-16(15)19/h6-7,10,17H,4-5,8-9H2,1-3H3. The molecule has 0 atom stereocenters. The fourth-order valence-electron chi connectivity index (χ4n) is 3.06. The second kappa shape index (κ2) is 4.82. The predicted octanol–water partition coefficient (Wildman–Crippen LogP) is 2.50. The topological polar surface area (TPSA) is 29.9 Å². The van der Waals surface area contributed by atoms with Crippen LogP contribution in [-0.2, 0) is 19.5 Å². The number of benzene rings is 1. The van der Waals surface area contributed by atoms with Crippen LogP contribution in [0.5, 0.6) is 0 Å². The van der Waals surface area contributed by atoms with E-state index in [4.69, 9.17) is 0 Å². The Hall–Kier alpha value is -1.61. The minimum absolute atomic E-state index is 0.911. The minimum Gasteiger partial charge on any atom is -0.330 e. The molecule has 3 nitrogen and oxygen atoms in total. The first-order chi connectivity index (χ1) is 9.15. The molecule has 1 aromatic carbocycles. The Kier molecular flexibility index (Phi) is 3.15. The molecule has 0 unspecified atom stereocenters. The van der Waals surface area contributed by atoms with Crippen LogP contribution in [0.15, 0.2) is 18.5 Å².